The van der Waals surface area contributed by atoms with E-state index < -0.39 is 0 Å². The molecule has 0 unspecified atom stereocenters. The Balaban J connectivity index is 1.55. The first kappa shape index (κ1) is 20.5. The molecule has 9 heteroatoms. The van der Waals surface area contributed by atoms with Gasteiger partial charge in [-0.1, -0.05) is 6.07 Å². The molecule has 1 aliphatic heterocycles. The van der Waals surface area contributed by atoms with Crippen molar-refractivity contribution in [3.8, 4) is 23.4 Å². The quantitative estimate of drug-likeness (QED) is 0.474. The molecule has 33 heavy (non-hydrogen) atoms. The molecular formula is C24H23N9. The van der Waals surface area contributed by atoms with Crippen molar-refractivity contribution in [1.82, 2.24) is 29.3 Å². The number of nitriles is 2. The summed E-state index contributed by atoms with van der Waals surface area (Å²) < 4.78 is 3.76. The Morgan fingerprint density at radius 3 is 2.82 bits per heavy atom. The van der Waals surface area contributed by atoms with Gasteiger partial charge in [-0.15, -0.1) is 0 Å². The maximum Gasteiger partial charge on any atom is 0.179 e. The second kappa shape index (κ2) is 8.29. The molecule has 5 rings (SSSR count). The molecule has 1 N–H and O–H groups in total. The number of aromatic nitrogens is 5. The van der Waals surface area contributed by atoms with Crippen LogP contribution in [0.15, 0.2) is 49.1 Å². The molecule has 1 saturated heterocycles. The number of pyridine rings is 2. The first-order chi connectivity index (χ1) is 16.1. The van der Waals surface area contributed by atoms with Gasteiger partial charge in [-0.3, -0.25) is 9.67 Å². The van der Waals surface area contributed by atoms with E-state index in [-0.39, 0.29) is 12.1 Å². The molecule has 9 nitrogen and oxygen atoms in total. The van der Waals surface area contributed by atoms with Crippen molar-refractivity contribution in [3.05, 3.63) is 66.0 Å². The van der Waals surface area contributed by atoms with Crippen molar-refractivity contribution in [1.29, 1.82) is 10.5 Å². The van der Waals surface area contributed by atoms with Gasteiger partial charge in [0.15, 0.2) is 6.19 Å². The van der Waals surface area contributed by atoms with Gasteiger partial charge in [0.2, 0.25) is 0 Å². The number of hydrogen-bond donors (Lipinski definition) is 1. The molecule has 1 aliphatic rings. The molecule has 1 fully saturated rings. The minimum Gasteiger partial charge on any atom is -0.375 e. The van der Waals surface area contributed by atoms with Gasteiger partial charge in [0.05, 0.1) is 48.0 Å². The fourth-order valence-electron chi connectivity index (χ4n) is 4.51. The van der Waals surface area contributed by atoms with Crippen LogP contribution in [0.1, 0.15) is 42.4 Å². The molecule has 0 saturated carbocycles. The molecule has 5 heterocycles. The lowest BCUT2D eigenvalue weighted by molar-refractivity contribution is 0.422. The summed E-state index contributed by atoms with van der Waals surface area (Å²) in [6.45, 7) is 5.52. The first-order valence-corrected chi connectivity index (χ1v) is 10.9. The highest BCUT2D eigenvalue weighted by molar-refractivity contribution is 5.83. The molecular weight excluding hydrogens is 414 g/mol. The summed E-state index contributed by atoms with van der Waals surface area (Å²) in [6.07, 6.45) is 10.3. The Morgan fingerprint density at radius 2 is 2.09 bits per heavy atom. The summed E-state index contributed by atoms with van der Waals surface area (Å²) >= 11 is 0. The standard InChI is InChI=1S/C24H23N9/c1-16(22-5-3-4-7-27-22)30-23-9-18(13-32-24(23)19(10-25)11-28-32)21-12-29-33(17(21)2)20-6-8-31(14-20)15-26/h3-5,7,9,11-13,16,20,30H,6,8,14H2,1-2H3/t16-,20-/m1/s1. The van der Waals surface area contributed by atoms with E-state index in [1.807, 2.05) is 48.3 Å². The van der Waals surface area contributed by atoms with Crippen molar-refractivity contribution < 1.29 is 0 Å². The number of rotatable bonds is 5. The average Bonchev–Trinajstić information content (AvgIpc) is 3.57. The van der Waals surface area contributed by atoms with E-state index in [0.717, 1.165) is 46.7 Å². The van der Waals surface area contributed by atoms with E-state index in [2.05, 4.69) is 39.7 Å². The largest absolute Gasteiger partial charge is 0.375 e. The van der Waals surface area contributed by atoms with Crippen LogP contribution in [0.3, 0.4) is 0 Å². The third-order valence-electron chi connectivity index (χ3n) is 6.24. The second-order valence-electron chi connectivity index (χ2n) is 8.30. The maximum atomic E-state index is 9.61. The van der Waals surface area contributed by atoms with Gasteiger partial charge in [0, 0.05) is 35.8 Å². The molecule has 4 aromatic rings. The van der Waals surface area contributed by atoms with Gasteiger partial charge in [-0.25, -0.2) is 4.52 Å². The summed E-state index contributed by atoms with van der Waals surface area (Å²) in [5.41, 5.74) is 5.94. The maximum absolute atomic E-state index is 9.61. The molecule has 0 spiro atoms. The van der Waals surface area contributed by atoms with Crippen LogP contribution in [0.4, 0.5) is 5.69 Å². The number of hydrogen-bond acceptors (Lipinski definition) is 7. The fraction of sp³-hybridized carbons (Fsp3) is 0.292. The Hall–Kier alpha value is -4.37. The van der Waals surface area contributed by atoms with E-state index in [1.54, 1.807) is 21.8 Å². The lowest BCUT2D eigenvalue weighted by Gasteiger charge is -2.17. The highest BCUT2D eigenvalue weighted by atomic mass is 15.3. The number of fused-ring (bicyclic) bond motifs is 1. The van der Waals surface area contributed by atoms with Crippen molar-refractivity contribution in [3.63, 3.8) is 0 Å². The monoisotopic (exact) mass is 437 g/mol. The summed E-state index contributed by atoms with van der Waals surface area (Å²) in [6, 6.07) is 10.2. The van der Waals surface area contributed by atoms with E-state index >= 15 is 0 Å². The van der Waals surface area contributed by atoms with Gasteiger partial charge in [-0.05, 0) is 38.5 Å². The summed E-state index contributed by atoms with van der Waals surface area (Å²) in [7, 11) is 0. The van der Waals surface area contributed by atoms with Crippen molar-refractivity contribution in [2.45, 2.75) is 32.4 Å². The lowest BCUT2D eigenvalue weighted by Crippen LogP contribution is -2.17. The number of nitrogens with zero attached hydrogens (tertiary/aromatic N) is 8. The first-order valence-electron chi connectivity index (χ1n) is 10.9. The minimum absolute atomic E-state index is 0.0639. The second-order valence-corrected chi connectivity index (χ2v) is 8.30. The Bertz CT molecular complexity index is 1390. The van der Waals surface area contributed by atoms with E-state index in [9.17, 15) is 10.5 Å². The van der Waals surface area contributed by atoms with Crippen molar-refractivity contribution >= 4 is 11.2 Å². The molecule has 2 atom stereocenters. The molecule has 0 aliphatic carbocycles. The van der Waals surface area contributed by atoms with Crippen LogP contribution >= 0.6 is 0 Å². The normalized spacial score (nSPS) is 16.5. The zero-order valence-corrected chi connectivity index (χ0v) is 18.5. The van der Waals surface area contributed by atoms with Crippen LogP contribution in [-0.2, 0) is 0 Å². The average molecular weight is 438 g/mol. The zero-order chi connectivity index (χ0) is 22.9. The molecule has 0 radical (unpaired) electrons. The minimum atomic E-state index is -0.0639. The zero-order valence-electron chi connectivity index (χ0n) is 18.5. The van der Waals surface area contributed by atoms with Crippen molar-refractivity contribution in [2.75, 3.05) is 18.4 Å². The Morgan fingerprint density at radius 1 is 1.21 bits per heavy atom. The van der Waals surface area contributed by atoms with Gasteiger partial charge >= 0.3 is 0 Å². The Labute approximate surface area is 191 Å². The SMILES string of the molecule is Cc1c(-c2cc(N[C@H](C)c3ccccn3)c3c(C#N)cnn3c2)cnn1[C@@H]1CCN(C#N)C1. The van der Waals surface area contributed by atoms with Crippen LogP contribution in [0, 0.1) is 29.7 Å². The van der Waals surface area contributed by atoms with E-state index in [4.69, 9.17) is 0 Å². The van der Waals surface area contributed by atoms with Crippen LogP contribution in [-0.4, -0.2) is 42.4 Å². The fourth-order valence-corrected chi connectivity index (χ4v) is 4.51. The highest BCUT2D eigenvalue weighted by Crippen LogP contribution is 2.33. The third-order valence-corrected chi connectivity index (χ3v) is 6.24. The van der Waals surface area contributed by atoms with Gasteiger partial charge in [0.25, 0.3) is 0 Å². The van der Waals surface area contributed by atoms with Gasteiger partial charge < -0.3 is 10.2 Å². The van der Waals surface area contributed by atoms with Crippen LogP contribution in [0.25, 0.3) is 16.6 Å². The third kappa shape index (κ3) is 3.64. The van der Waals surface area contributed by atoms with Gasteiger partial charge in [-0.2, -0.15) is 20.7 Å². The number of nitrogens with one attached hydrogen (secondary N) is 1. The van der Waals surface area contributed by atoms with Crippen molar-refractivity contribution in [2.24, 2.45) is 0 Å². The molecule has 164 valence electrons. The summed E-state index contributed by atoms with van der Waals surface area (Å²) in [5.74, 6) is 0. The molecule has 0 amide bonds. The Kier molecular flexibility index (Phi) is 5.15. The number of likely N-dealkylation sites (tertiary alicyclic amines) is 1. The van der Waals surface area contributed by atoms with E-state index in [1.165, 1.54) is 0 Å². The summed E-state index contributed by atoms with van der Waals surface area (Å²) in [5, 5.41) is 31.4. The molecule has 0 aromatic carbocycles. The molecule has 0 bridgehead atoms. The predicted molar refractivity (Wildman–Crippen MR) is 123 cm³/mol. The summed E-state index contributed by atoms with van der Waals surface area (Å²) in [4.78, 5) is 6.22. The van der Waals surface area contributed by atoms with Crippen LogP contribution in [0.5, 0.6) is 0 Å². The smallest absolute Gasteiger partial charge is 0.179 e. The topological polar surface area (TPSA) is 111 Å². The predicted octanol–water partition coefficient (Wildman–Crippen LogP) is 3.67. The van der Waals surface area contributed by atoms with Gasteiger partial charge in [0.1, 0.15) is 11.6 Å². The molecule has 4 aromatic heterocycles. The van der Waals surface area contributed by atoms with Crippen LogP contribution < -0.4 is 5.32 Å². The highest BCUT2D eigenvalue weighted by Gasteiger charge is 2.26. The number of anilines is 1. The van der Waals surface area contributed by atoms with E-state index in [0.29, 0.717) is 12.1 Å². The van der Waals surface area contributed by atoms with Crippen LogP contribution in [0.2, 0.25) is 0 Å². The lowest BCUT2D eigenvalue weighted by atomic mass is 10.1.